The van der Waals surface area contributed by atoms with Crippen LogP contribution in [0.5, 0.6) is 5.75 Å². The van der Waals surface area contributed by atoms with Crippen LogP contribution in [0, 0.1) is 7.14 Å². The number of nitrogens with zero attached hydrogens (tertiary/aromatic N) is 3. The van der Waals surface area contributed by atoms with E-state index in [2.05, 4.69) is 80.1 Å². The van der Waals surface area contributed by atoms with Crippen molar-refractivity contribution in [3.05, 3.63) is 63.7 Å². The van der Waals surface area contributed by atoms with Crippen molar-refractivity contribution in [2.45, 2.75) is 33.1 Å². The van der Waals surface area contributed by atoms with E-state index in [1.807, 2.05) is 31.2 Å². The minimum absolute atomic E-state index is 0.105. The molecule has 3 aromatic rings. The van der Waals surface area contributed by atoms with Gasteiger partial charge in [-0.3, -0.25) is 4.79 Å². The Bertz CT molecular complexity index is 1120. The second-order valence-corrected chi connectivity index (χ2v) is 9.79. The Hall–Kier alpha value is -1.01. The van der Waals surface area contributed by atoms with Crippen molar-refractivity contribution in [2.24, 2.45) is 5.10 Å². The lowest BCUT2D eigenvalue weighted by Gasteiger charge is -2.14. The first-order valence-corrected chi connectivity index (χ1v) is 12.2. The van der Waals surface area contributed by atoms with Crippen LogP contribution in [-0.4, -0.2) is 22.5 Å². The fourth-order valence-corrected chi connectivity index (χ4v) is 5.33. The maximum absolute atomic E-state index is 13.2. The molecule has 0 saturated heterocycles. The molecule has 0 spiro atoms. The minimum atomic E-state index is -0.168. The number of ether oxygens (including phenoxy) is 1. The van der Waals surface area contributed by atoms with Gasteiger partial charge in [-0.05, 0) is 94.4 Å². The van der Waals surface area contributed by atoms with Gasteiger partial charge < -0.3 is 4.74 Å². The Kier molecular flexibility index (Phi) is 7.71. The van der Waals surface area contributed by atoms with Gasteiger partial charge in [0, 0.05) is 10.4 Å². The molecule has 8 heteroatoms. The molecule has 0 aliphatic rings. The fraction of sp³-hybridized carbons (Fsp3) is 0.286. The van der Waals surface area contributed by atoms with Gasteiger partial charge in [-0.2, -0.15) is 9.78 Å². The predicted molar refractivity (Wildman–Crippen MR) is 138 cm³/mol. The smallest absolute Gasteiger partial charge is 0.282 e. The van der Waals surface area contributed by atoms with Gasteiger partial charge in [0.1, 0.15) is 11.6 Å². The summed E-state index contributed by atoms with van der Waals surface area (Å²) < 4.78 is 9.98. The molecule has 0 N–H and O–H groups in total. The highest BCUT2D eigenvalue weighted by Crippen LogP contribution is 2.28. The highest BCUT2D eigenvalue weighted by Gasteiger charge is 2.16. The van der Waals surface area contributed by atoms with Gasteiger partial charge in [-0.25, -0.2) is 4.98 Å². The molecule has 0 bridgehead atoms. The van der Waals surface area contributed by atoms with Crippen LogP contribution in [0.15, 0.2) is 44.7 Å². The lowest BCUT2D eigenvalue weighted by atomic mass is 10.1. The van der Waals surface area contributed by atoms with Crippen molar-refractivity contribution in [2.75, 3.05) is 6.61 Å². The topological polar surface area (TPSA) is 56.5 Å². The maximum Gasteiger partial charge on any atom is 0.282 e. The SMILES string of the molecule is CCOc1c(I)cc(C=Nn2c([C@H](C)CC)nc3ccc(Br)cc3c2=O)cc1I. The summed E-state index contributed by atoms with van der Waals surface area (Å²) in [5, 5.41) is 5.08. The summed E-state index contributed by atoms with van der Waals surface area (Å²) in [6, 6.07) is 9.54. The first-order valence-electron chi connectivity index (χ1n) is 9.24. The third kappa shape index (κ3) is 5.01. The molecule has 29 heavy (non-hydrogen) atoms. The van der Waals surface area contributed by atoms with Crippen LogP contribution in [0.25, 0.3) is 10.9 Å². The molecule has 3 rings (SSSR count). The van der Waals surface area contributed by atoms with E-state index in [9.17, 15) is 4.79 Å². The van der Waals surface area contributed by atoms with E-state index < -0.39 is 0 Å². The van der Waals surface area contributed by atoms with Crippen LogP contribution in [0.1, 0.15) is 44.5 Å². The number of benzene rings is 2. The molecule has 0 radical (unpaired) electrons. The second kappa shape index (κ2) is 9.86. The molecule has 1 atom stereocenters. The van der Waals surface area contributed by atoms with Crippen LogP contribution in [0.3, 0.4) is 0 Å². The Morgan fingerprint density at radius 1 is 1.24 bits per heavy atom. The molecule has 0 aliphatic heterocycles. The zero-order chi connectivity index (χ0) is 21.1. The minimum Gasteiger partial charge on any atom is -0.492 e. The van der Waals surface area contributed by atoms with E-state index in [-0.39, 0.29) is 11.5 Å². The molecule has 0 amide bonds. The molecule has 152 valence electrons. The van der Waals surface area contributed by atoms with Crippen molar-refractivity contribution in [3.8, 4) is 5.75 Å². The summed E-state index contributed by atoms with van der Waals surface area (Å²) in [6.07, 6.45) is 2.57. The summed E-state index contributed by atoms with van der Waals surface area (Å²) in [5.74, 6) is 1.65. The predicted octanol–water partition coefficient (Wildman–Crippen LogP) is 6.16. The molecule has 0 saturated carbocycles. The van der Waals surface area contributed by atoms with Crippen LogP contribution in [0.4, 0.5) is 0 Å². The van der Waals surface area contributed by atoms with Gasteiger partial charge in [0.05, 0.1) is 30.9 Å². The number of hydrogen-bond acceptors (Lipinski definition) is 4. The molecule has 0 aliphatic carbocycles. The van der Waals surface area contributed by atoms with E-state index >= 15 is 0 Å². The van der Waals surface area contributed by atoms with Crippen LogP contribution < -0.4 is 10.3 Å². The van der Waals surface area contributed by atoms with E-state index in [4.69, 9.17) is 9.72 Å². The Labute approximate surface area is 205 Å². The quantitative estimate of drug-likeness (QED) is 0.232. The van der Waals surface area contributed by atoms with Gasteiger partial charge in [-0.1, -0.05) is 29.8 Å². The molecule has 2 aromatic carbocycles. The maximum atomic E-state index is 13.2. The van der Waals surface area contributed by atoms with Crippen LogP contribution in [0.2, 0.25) is 0 Å². The van der Waals surface area contributed by atoms with Gasteiger partial charge in [0.25, 0.3) is 5.56 Å². The second-order valence-electron chi connectivity index (χ2n) is 6.55. The van der Waals surface area contributed by atoms with E-state index in [0.717, 1.165) is 29.3 Å². The van der Waals surface area contributed by atoms with Crippen molar-refractivity contribution in [1.29, 1.82) is 0 Å². The number of fused-ring (bicyclic) bond motifs is 1. The van der Waals surface area contributed by atoms with E-state index in [1.54, 1.807) is 12.3 Å². The average molecular weight is 680 g/mol. The summed E-state index contributed by atoms with van der Waals surface area (Å²) in [4.78, 5) is 17.9. The first kappa shape index (κ1) is 22.7. The van der Waals surface area contributed by atoms with Crippen LogP contribution >= 0.6 is 61.1 Å². The zero-order valence-electron chi connectivity index (χ0n) is 16.2. The zero-order valence-corrected chi connectivity index (χ0v) is 22.1. The largest absolute Gasteiger partial charge is 0.492 e. The van der Waals surface area contributed by atoms with Crippen molar-refractivity contribution in [1.82, 2.24) is 9.66 Å². The number of aromatic nitrogens is 2. The monoisotopic (exact) mass is 679 g/mol. The lowest BCUT2D eigenvalue weighted by Crippen LogP contribution is -2.23. The molecule has 1 heterocycles. The summed E-state index contributed by atoms with van der Waals surface area (Å²) in [5.41, 5.74) is 1.42. The number of rotatable bonds is 6. The Morgan fingerprint density at radius 3 is 2.55 bits per heavy atom. The van der Waals surface area contributed by atoms with E-state index in [0.29, 0.717) is 23.3 Å². The Balaban J connectivity index is 2.13. The summed E-state index contributed by atoms with van der Waals surface area (Å²) in [7, 11) is 0. The molecular formula is C21H20BrI2N3O2. The summed E-state index contributed by atoms with van der Waals surface area (Å²) >= 11 is 7.95. The highest BCUT2D eigenvalue weighted by molar-refractivity contribution is 14.1. The lowest BCUT2D eigenvalue weighted by molar-refractivity contribution is 0.335. The van der Waals surface area contributed by atoms with Gasteiger partial charge in [0.2, 0.25) is 0 Å². The average Bonchev–Trinajstić information content (AvgIpc) is 2.69. The number of hydrogen-bond donors (Lipinski definition) is 0. The molecule has 0 fully saturated rings. The number of halogens is 3. The molecule has 0 unspecified atom stereocenters. The van der Waals surface area contributed by atoms with Crippen molar-refractivity contribution in [3.63, 3.8) is 0 Å². The van der Waals surface area contributed by atoms with Gasteiger partial charge in [-0.15, -0.1) is 0 Å². The van der Waals surface area contributed by atoms with Crippen molar-refractivity contribution >= 4 is 78.2 Å². The van der Waals surface area contributed by atoms with Gasteiger partial charge in [0.15, 0.2) is 0 Å². The highest BCUT2D eigenvalue weighted by atomic mass is 127. The normalized spacial score (nSPS) is 12.6. The molecular weight excluding hydrogens is 660 g/mol. The standard InChI is InChI=1S/C21H20BrI2N3O2/c1-4-12(3)20-26-18-7-6-14(22)10-15(18)21(28)27(20)25-11-13-8-16(23)19(29-5-2)17(24)9-13/h6-12H,4-5H2,1-3H3/t12-/m1/s1. The third-order valence-corrected chi connectivity index (χ3v) is 6.61. The first-order chi connectivity index (χ1) is 13.8. The fourth-order valence-electron chi connectivity index (χ4n) is 2.84. The van der Waals surface area contributed by atoms with Gasteiger partial charge >= 0.3 is 0 Å². The third-order valence-electron chi connectivity index (χ3n) is 4.52. The van der Waals surface area contributed by atoms with E-state index in [1.165, 1.54) is 4.68 Å². The summed E-state index contributed by atoms with van der Waals surface area (Å²) in [6.45, 7) is 6.72. The molecule has 1 aromatic heterocycles. The van der Waals surface area contributed by atoms with Crippen molar-refractivity contribution < 1.29 is 4.74 Å². The van der Waals surface area contributed by atoms with Crippen LogP contribution in [-0.2, 0) is 0 Å². The Morgan fingerprint density at radius 2 is 1.93 bits per heavy atom. The molecule has 5 nitrogen and oxygen atoms in total.